The minimum Gasteiger partial charge on any atom is -0.435 e. The second kappa shape index (κ2) is 6.91. The quantitative estimate of drug-likeness (QED) is 0.742. The van der Waals surface area contributed by atoms with Gasteiger partial charge >= 0.3 is 12.6 Å². The summed E-state index contributed by atoms with van der Waals surface area (Å²) in [5, 5.41) is 6.17. The second-order valence-corrected chi connectivity index (χ2v) is 4.90. The van der Waals surface area contributed by atoms with E-state index in [1.807, 2.05) is 30.3 Å². The van der Waals surface area contributed by atoms with Crippen LogP contribution in [0.25, 0.3) is 10.9 Å². The largest absolute Gasteiger partial charge is 0.435 e. The third-order valence-electron chi connectivity index (χ3n) is 3.19. The van der Waals surface area contributed by atoms with Crippen LogP contribution in [-0.4, -0.2) is 17.6 Å². The van der Waals surface area contributed by atoms with E-state index in [9.17, 15) is 13.6 Å². The highest BCUT2D eigenvalue weighted by Gasteiger charge is 2.06. The average Bonchev–Trinajstić information content (AvgIpc) is 2.56. The lowest BCUT2D eigenvalue weighted by Gasteiger charge is -2.09. The molecular formula is C17H13F2N3O2. The predicted octanol–water partition coefficient (Wildman–Crippen LogP) is 4.48. The molecule has 1 heterocycles. The molecule has 0 spiro atoms. The van der Waals surface area contributed by atoms with E-state index in [0.717, 1.165) is 10.9 Å². The fourth-order valence-corrected chi connectivity index (χ4v) is 2.15. The van der Waals surface area contributed by atoms with Gasteiger partial charge in [-0.2, -0.15) is 8.78 Å². The molecule has 0 aliphatic heterocycles. The molecule has 0 fully saturated rings. The molecule has 2 N–H and O–H groups in total. The zero-order valence-electron chi connectivity index (χ0n) is 12.4. The van der Waals surface area contributed by atoms with Crippen molar-refractivity contribution >= 4 is 28.3 Å². The Morgan fingerprint density at radius 3 is 2.46 bits per heavy atom. The van der Waals surface area contributed by atoms with Crippen LogP contribution in [0.4, 0.5) is 25.0 Å². The van der Waals surface area contributed by atoms with Crippen LogP contribution >= 0.6 is 0 Å². The summed E-state index contributed by atoms with van der Waals surface area (Å²) in [6, 6.07) is 14.5. The molecule has 0 unspecified atom stereocenters. The summed E-state index contributed by atoms with van der Waals surface area (Å²) in [6.45, 7) is -2.88. The van der Waals surface area contributed by atoms with Crippen LogP contribution in [0.5, 0.6) is 5.75 Å². The third kappa shape index (κ3) is 3.95. The van der Waals surface area contributed by atoms with Crippen molar-refractivity contribution < 1.29 is 18.3 Å². The Balaban J connectivity index is 1.64. The number of hydrogen-bond acceptors (Lipinski definition) is 3. The number of benzene rings is 2. The van der Waals surface area contributed by atoms with Crippen molar-refractivity contribution in [3.8, 4) is 5.75 Å². The first kappa shape index (κ1) is 15.7. The number of anilines is 2. The highest BCUT2D eigenvalue weighted by molar-refractivity contribution is 6.00. The Kier molecular flexibility index (Phi) is 4.51. The Hall–Kier alpha value is -3.22. The number of urea groups is 1. The number of rotatable bonds is 4. The number of nitrogens with zero attached hydrogens (tertiary/aromatic N) is 1. The summed E-state index contributed by atoms with van der Waals surface area (Å²) < 4.78 is 28.4. The maximum Gasteiger partial charge on any atom is 0.387 e. The maximum atomic E-state index is 12.1. The van der Waals surface area contributed by atoms with E-state index in [4.69, 9.17) is 0 Å². The minimum atomic E-state index is -2.88. The van der Waals surface area contributed by atoms with Crippen molar-refractivity contribution in [1.29, 1.82) is 0 Å². The fraction of sp³-hybridized carbons (Fsp3) is 0.0588. The van der Waals surface area contributed by atoms with Crippen LogP contribution in [0.1, 0.15) is 0 Å². The van der Waals surface area contributed by atoms with Gasteiger partial charge in [-0.25, -0.2) is 4.79 Å². The number of nitrogens with one attached hydrogen (secondary N) is 2. The molecule has 5 nitrogen and oxygen atoms in total. The molecule has 0 bridgehead atoms. The summed E-state index contributed by atoms with van der Waals surface area (Å²) in [6.07, 6.45) is 1.56. The zero-order chi connectivity index (χ0) is 16.9. The molecular weight excluding hydrogens is 316 g/mol. The van der Waals surface area contributed by atoms with Crippen molar-refractivity contribution in [2.24, 2.45) is 0 Å². The number of fused-ring (bicyclic) bond motifs is 1. The second-order valence-electron chi connectivity index (χ2n) is 4.90. The normalized spacial score (nSPS) is 10.6. The van der Waals surface area contributed by atoms with E-state index in [2.05, 4.69) is 20.4 Å². The first-order valence-corrected chi connectivity index (χ1v) is 7.08. The Bertz CT molecular complexity index is 854. The molecule has 0 radical (unpaired) electrons. The van der Waals surface area contributed by atoms with E-state index < -0.39 is 12.6 Å². The van der Waals surface area contributed by atoms with Gasteiger partial charge in [0.2, 0.25) is 0 Å². The van der Waals surface area contributed by atoms with Crippen LogP contribution in [0.3, 0.4) is 0 Å². The first-order chi connectivity index (χ1) is 11.6. The molecule has 2 aromatic carbocycles. The maximum absolute atomic E-state index is 12.1. The topological polar surface area (TPSA) is 63.2 Å². The van der Waals surface area contributed by atoms with Crippen LogP contribution in [0, 0.1) is 0 Å². The molecule has 0 aliphatic rings. The smallest absolute Gasteiger partial charge is 0.387 e. The standard InChI is InChI=1S/C17H13F2N3O2/c18-16(19)24-14-7-5-12(6-8-14)21-17(23)22-13-9-11-3-1-2-4-15(11)20-10-13/h1-10,16H,(H2,21,22,23). The molecule has 2 amide bonds. The Labute approximate surface area is 136 Å². The summed E-state index contributed by atoms with van der Waals surface area (Å²) in [5.41, 5.74) is 1.82. The number of carbonyl (C=O) groups is 1. The molecule has 3 rings (SSSR count). The molecule has 7 heteroatoms. The number of hydrogen-bond donors (Lipinski definition) is 2. The van der Waals surface area contributed by atoms with Crippen molar-refractivity contribution in [1.82, 2.24) is 4.98 Å². The number of para-hydroxylation sites is 1. The Morgan fingerprint density at radius 2 is 1.71 bits per heavy atom. The molecule has 0 saturated heterocycles. The van der Waals surface area contributed by atoms with Crippen molar-refractivity contribution in [2.45, 2.75) is 6.61 Å². The van der Waals surface area contributed by atoms with E-state index >= 15 is 0 Å². The van der Waals surface area contributed by atoms with Gasteiger partial charge in [0.05, 0.1) is 17.4 Å². The summed E-state index contributed by atoms with van der Waals surface area (Å²) in [7, 11) is 0. The lowest BCUT2D eigenvalue weighted by atomic mass is 10.2. The van der Waals surface area contributed by atoms with Gasteiger partial charge < -0.3 is 15.4 Å². The van der Waals surface area contributed by atoms with Crippen molar-refractivity contribution in [3.05, 3.63) is 60.8 Å². The molecule has 0 aliphatic carbocycles. The van der Waals surface area contributed by atoms with Gasteiger partial charge in [0, 0.05) is 11.1 Å². The van der Waals surface area contributed by atoms with Crippen LogP contribution < -0.4 is 15.4 Å². The lowest BCUT2D eigenvalue weighted by molar-refractivity contribution is -0.0498. The van der Waals surface area contributed by atoms with Gasteiger partial charge in [-0.1, -0.05) is 18.2 Å². The molecule has 0 atom stereocenters. The molecule has 1 aromatic heterocycles. The summed E-state index contributed by atoms with van der Waals surface area (Å²) >= 11 is 0. The van der Waals surface area contributed by atoms with E-state index in [0.29, 0.717) is 11.4 Å². The van der Waals surface area contributed by atoms with Gasteiger partial charge in [0.1, 0.15) is 5.75 Å². The number of aromatic nitrogens is 1. The lowest BCUT2D eigenvalue weighted by Crippen LogP contribution is -2.19. The van der Waals surface area contributed by atoms with Gasteiger partial charge in [-0.15, -0.1) is 0 Å². The van der Waals surface area contributed by atoms with E-state index in [-0.39, 0.29) is 5.75 Å². The molecule has 24 heavy (non-hydrogen) atoms. The minimum absolute atomic E-state index is 0.0229. The van der Waals surface area contributed by atoms with Crippen molar-refractivity contribution in [2.75, 3.05) is 10.6 Å². The molecule has 122 valence electrons. The highest BCUT2D eigenvalue weighted by Crippen LogP contribution is 2.19. The number of carbonyl (C=O) groups excluding carboxylic acids is 1. The fourth-order valence-electron chi connectivity index (χ4n) is 2.15. The van der Waals surface area contributed by atoms with Gasteiger partial charge in [0.15, 0.2) is 0 Å². The van der Waals surface area contributed by atoms with Crippen LogP contribution in [0.2, 0.25) is 0 Å². The first-order valence-electron chi connectivity index (χ1n) is 7.08. The number of pyridine rings is 1. The van der Waals surface area contributed by atoms with E-state index in [1.165, 1.54) is 24.3 Å². The molecule has 3 aromatic rings. The van der Waals surface area contributed by atoms with Gasteiger partial charge in [-0.3, -0.25) is 4.98 Å². The number of alkyl halides is 2. The van der Waals surface area contributed by atoms with Crippen molar-refractivity contribution in [3.63, 3.8) is 0 Å². The van der Waals surface area contributed by atoms with Crippen LogP contribution in [-0.2, 0) is 0 Å². The predicted molar refractivity (Wildman–Crippen MR) is 87.5 cm³/mol. The highest BCUT2D eigenvalue weighted by atomic mass is 19.3. The monoisotopic (exact) mass is 329 g/mol. The SMILES string of the molecule is O=C(Nc1ccc(OC(F)F)cc1)Nc1cnc2ccccc2c1. The number of ether oxygens (including phenoxy) is 1. The Morgan fingerprint density at radius 1 is 1.00 bits per heavy atom. The van der Waals surface area contributed by atoms with Gasteiger partial charge in [-0.05, 0) is 36.4 Å². The molecule has 0 saturated carbocycles. The zero-order valence-corrected chi connectivity index (χ0v) is 12.4. The summed E-state index contributed by atoms with van der Waals surface area (Å²) in [4.78, 5) is 16.2. The van der Waals surface area contributed by atoms with E-state index in [1.54, 1.807) is 6.20 Å². The average molecular weight is 329 g/mol. The number of amides is 2. The third-order valence-corrected chi connectivity index (χ3v) is 3.19. The summed E-state index contributed by atoms with van der Waals surface area (Å²) in [5.74, 6) is 0.0229. The van der Waals surface area contributed by atoms with Gasteiger partial charge in [0.25, 0.3) is 0 Å². The number of halogens is 2. The van der Waals surface area contributed by atoms with Crippen LogP contribution in [0.15, 0.2) is 60.8 Å².